The smallest absolute Gasteiger partial charge is 0.223 e. The minimum absolute atomic E-state index is 0.0205. The van der Waals surface area contributed by atoms with Gasteiger partial charge in [-0.3, -0.25) is 4.79 Å². The van der Waals surface area contributed by atoms with E-state index in [-0.39, 0.29) is 36.3 Å². The third-order valence-corrected chi connectivity index (χ3v) is 6.82. The molecule has 1 rings (SSSR count). The molecule has 6 N–H and O–H groups in total. The van der Waals surface area contributed by atoms with Crippen LogP contribution >= 0.6 is 11.6 Å². The number of carbonyl (C=O) groups is 1. The Hall–Kier alpha value is -1.42. The SMILES string of the molecule is COCCCOc1cc(CC(C)(C)NC[C@H](N)[C@@H](O)C[C@H](C(=O)NCC(C)(C)CO)C(C)C)ccc1Cl. The molecule has 0 aliphatic heterocycles. The van der Waals surface area contributed by atoms with Crippen LogP contribution in [-0.4, -0.2) is 73.8 Å². The number of hydrogen-bond acceptors (Lipinski definition) is 7. The van der Waals surface area contributed by atoms with Gasteiger partial charge in [0.1, 0.15) is 5.75 Å². The molecule has 1 aromatic carbocycles. The molecule has 0 saturated heterocycles. The number of aliphatic hydroxyl groups is 2. The summed E-state index contributed by atoms with van der Waals surface area (Å²) in [5, 5.41) is 27.2. The second-order valence-electron chi connectivity index (χ2n) is 11.8. The fourth-order valence-electron chi connectivity index (χ4n) is 3.89. The lowest BCUT2D eigenvalue weighted by atomic mass is 9.86. The number of carbonyl (C=O) groups excluding carboxylic acids is 1. The number of nitrogens with one attached hydrogen (secondary N) is 2. The maximum Gasteiger partial charge on any atom is 0.223 e. The molecule has 214 valence electrons. The van der Waals surface area contributed by atoms with Crippen LogP contribution in [0.2, 0.25) is 5.02 Å². The predicted octanol–water partition coefficient (Wildman–Crippen LogP) is 3.15. The Bertz CT molecular complexity index is 819. The van der Waals surface area contributed by atoms with Gasteiger partial charge in [-0.05, 0) is 50.3 Å². The van der Waals surface area contributed by atoms with Crippen molar-refractivity contribution < 1.29 is 24.5 Å². The van der Waals surface area contributed by atoms with Gasteiger partial charge in [0, 0.05) is 62.7 Å². The molecule has 0 heterocycles. The van der Waals surface area contributed by atoms with E-state index in [0.717, 1.165) is 12.0 Å². The van der Waals surface area contributed by atoms with Crippen LogP contribution in [0.3, 0.4) is 0 Å². The molecular weight excluding hydrogens is 494 g/mol. The van der Waals surface area contributed by atoms with Crippen LogP contribution in [0.4, 0.5) is 0 Å². The average molecular weight is 544 g/mol. The molecule has 3 atom stereocenters. The molecule has 0 unspecified atom stereocenters. The quantitative estimate of drug-likeness (QED) is 0.180. The van der Waals surface area contributed by atoms with Gasteiger partial charge in [-0.1, -0.05) is 45.4 Å². The van der Waals surface area contributed by atoms with Crippen molar-refractivity contribution in [1.29, 1.82) is 0 Å². The van der Waals surface area contributed by atoms with Crippen LogP contribution in [0.5, 0.6) is 5.75 Å². The Morgan fingerprint density at radius 3 is 2.46 bits per heavy atom. The second kappa shape index (κ2) is 15.9. The van der Waals surface area contributed by atoms with Gasteiger partial charge in [0.2, 0.25) is 5.91 Å². The highest BCUT2D eigenvalue weighted by Gasteiger charge is 2.30. The zero-order valence-electron chi connectivity index (χ0n) is 23.8. The van der Waals surface area contributed by atoms with Gasteiger partial charge >= 0.3 is 0 Å². The summed E-state index contributed by atoms with van der Waals surface area (Å²) in [6.45, 7) is 13.7. The molecular formula is C28H50ClN3O5. The van der Waals surface area contributed by atoms with Crippen LogP contribution in [0.1, 0.15) is 59.9 Å². The Balaban J connectivity index is 2.66. The van der Waals surface area contributed by atoms with Crippen LogP contribution in [-0.2, 0) is 16.0 Å². The van der Waals surface area contributed by atoms with E-state index in [9.17, 15) is 15.0 Å². The van der Waals surface area contributed by atoms with Crippen LogP contribution in [0.15, 0.2) is 18.2 Å². The largest absolute Gasteiger partial charge is 0.492 e. The molecule has 0 bridgehead atoms. The first-order chi connectivity index (χ1) is 17.2. The Morgan fingerprint density at radius 2 is 1.86 bits per heavy atom. The van der Waals surface area contributed by atoms with Crippen molar-refractivity contribution >= 4 is 17.5 Å². The van der Waals surface area contributed by atoms with E-state index < -0.39 is 17.6 Å². The van der Waals surface area contributed by atoms with Crippen molar-refractivity contribution in [3.63, 3.8) is 0 Å². The average Bonchev–Trinajstić information content (AvgIpc) is 2.83. The Morgan fingerprint density at radius 1 is 1.19 bits per heavy atom. The molecule has 37 heavy (non-hydrogen) atoms. The van der Waals surface area contributed by atoms with Crippen molar-refractivity contribution in [3.05, 3.63) is 28.8 Å². The van der Waals surface area contributed by atoms with Crippen molar-refractivity contribution in [3.8, 4) is 5.75 Å². The lowest BCUT2D eigenvalue weighted by Gasteiger charge is -2.31. The van der Waals surface area contributed by atoms with E-state index in [1.165, 1.54) is 0 Å². The molecule has 0 aliphatic carbocycles. The number of rotatable bonds is 18. The van der Waals surface area contributed by atoms with Crippen molar-refractivity contribution in [1.82, 2.24) is 10.6 Å². The van der Waals surface area contributed by atoms with Gasteiger partial charge in [-0.2, -0.15) is 0 Å². The first kappa shape index (κ1) is 33.6. The summed E-state index contributed by atoms with van der Waals surface area (Å²) < 4.78 is 10.9. The second-order valence-corrected chi connectivity index (χ2v) is 12.2. The number of hydrogen-bond donors (Lipinski definition) is 5. The molecule has 8 nitrogen and oxygen atoms in total. The highest BCUT2D eigenvalue weighted by molar-refractivity contribution is 6.32. The lowest BCUT2D eigenvalue weighted by Crippen LogP contribution is -2.52. The van der Waals surface area contributed by atoms with E-state index in [1.54, 1.807) is 7.11 Å². The van der Waals surface area contributed by atoms with E-state index in [2.05, 4.69) is 24.5 Å². The maximum atomic E-state index is 12.8. The fourth-order valence-corrected chi connectivity index (χ4v) is 4.06. The summed E-state index contributed by atoms with van der Waals surface area (Å²) in [5.41, 5.74) is 6.70. The Labute approximate surface area is 228 Å². The first-order valence-corrected chi connectivity index (χ1v) is 13.6. The van der Waals surface area contributed by atoms with Gasteiger partial charge in [0.05, 0.1) is 17.7 Å². The van der Waals surface area contributed by atoms with Crippen LogP contribution < -0.4 is 21.1 Å². The number of nitrogens with two attached hydrogens (primary N) is 1. The first-order valence-electron chi connectivity index (χ1n) is 13.2. The summed E-state index contributed by atoms with van der Waals surface area (Å²) in [6, 6.07) is 5.24. The molecule has 9 heteroatoms. The zero-order chi connectivity index (χ0) is 28.2. The minimum Gasteiger partial charge on any atom is -0.492 e. The monoisotopic (exact) mass is 543 g/mol. The summed E-state index contributed by atoms with van der Waals surface area (Å²) in [7, 11) is 1.66. The van der Waals surface area contributed by atoms with Crippen molar-refractivity contribution in [2.24, 2.45) is 23.0 Å². The summed E-state index contributed by atoms with van der Waals surface area (Å²) in [6.07, 6.45) is 0.923. The number of methoxy groups -OCH3 is 1. The van der Waals surface area contributed by atoms with E-state index in [1.807, 2.05) is 45.9 Å². The fraction of sp³-hybridized carbons (Fsp3) is 0.750. The lowest BCUT2D eigenvalue weighted by molar-refractivity contribution is -0.128. The van der Waals surface area contributed by atoms with E-state index >= 15 is 0 Å². The topological polar surface area (TPSA) is 126 Å². The molecule has 0 fully saturated rings. The molecule has 0 aliphatic rings. The molecule has 0 aromatic heterocycles. The molecule has 1 amide bonds. The molecule has 0 spiro atoms. The number of ether oxygens (including phenoxy) is 2. The molecule has 0 radical (unpaired) electrons. The predicted molar refractivity (Wildman–Crippen MR) is 150 cm³/mol. The third kappa shape index (κ3) is 12.8. The van der Waals surface area contributed by atoms with E-state index in [0.29, 0.717) is 43.5 Å². The summed E-state index contributed by atoms with van der Waals surface area (Å²) >= 11 is 6.30. The van der Waals surface area contributed by atoms with Crippen molar-refractivity contribution in [2.75, 3.05) is 40.0 Å². The van der Waals surface area contributed by atoms with Gasteiger partial charge in [0.25, 0.3) is 0 Å². The Kier molecular flexibility index (Phi) is 14.4. The molecule has 0 saturated carbocycles. The molecule has 1 aromatic rings. The van der Waals surface area contributed by atoms with Gasteiger partial charge < -0.3 is 36.1 Å². The zero-order valence-corrected chi connectivity index (χ0v) is 24.5. The number of halogens is 1. The highest BCUT2D eigenvalue weighted by Crippen LogP contribution is 2.27. The van der Waals surface area contributed by atoms with Gasteiger partial charge in [0.15, 0.2) is 0 Å². The van der Waals surface area contributed by atoms with Crippen LogP contribution in [0.25, 0.3) is 0 Å². The summed E-state index contributed by atoms with van der Waals surface area (Å²) in [4.78, 5) is 12.8. The highest BCUT2D eigenvalue weighted by atomic mass is 35.5. The van der Waals surface area contributed by atoms with Gasteiger partial charge in [-0.15, -0.1) is 0 Å². The van der Waals surface area contributed by atoms with Gasteiger partial charge in [-0.25, -0.2) is 0 Å². The minimum atomic E-state index is -0.838. The standard InChI is InChI=1S/C28H50ClN3O5/c1-19(2)21(26(35)31-17-27(3,4)18-33)14-24(34)23(30)16-32-28(5,6)15-20-9-10-22(29)25(13-20)37-12-8-11-36-7/h9-10,13,19,21,23-24,32-34H,8,11-12,14-18,30H2,1-7H3,(H,31,35)/t21-,23-,24-/m0/s1. The van der Waals surface area contributed by atoms with E-state index in [4.69, 9.17) is 26.8 Å². The summed E-state index contributed by atoms with van der Waals surface area (Å²) in [5.74, 6) is 0.192. The normalized spacial score (nSPS) is 14.9. The number of aliphatic hydroxyl groups excluding tert-OH is 2. The number of benzene rings is 1. The third-order valence-electron chi connectivity index (χ3n) is 6.51. The number of amides is 1. The van der Waals surface area contributed by atoms with Crippen LogP contribution in [0, 0.1) is 17.3 Å². The maximum absolute atomic E-state index is 12.8. The van der Waals surface area contributed by atoms with Crippen molar-refractivity contribution in [2.45, 2.75) is 78.5 Å².